The van der Waals surface area contributed by atoms with Crippen LogP contribution in [0, 0.1) is 10.8 Å². The molecule has 0 unspecified atom stereocenters. The SMILES string of the molecule is CC1(C)CC[C@@](C)(C(=O)O)[C@@H](O)C1. The first-order valence-electron chi connectivity index (χ1n) is 4.69. The molecule has 3 nitrogen and oxygen atoms in total. The van der Waals surface area contributed by atoms with Crippen molar-refractivity contribution in [3.63, 3.8) is 0 Å². The van der Waals surface area contributed by atoms with Crippen molar-refractivity contribution in [3.8, 4) is 0 Å². The third kappa shape index (κ3) is 1.85. The number of carbonyl (C=O) groups is 1. The first kappa shape index (κ1) is 10.5. The Morgan fingerprint density at radius 1 is 1.31 bits per heavy atom. The van der Waals surface area contributed by atoms with Crippen LogP contribution in [0.15, 0.2) is 0 Å². The molecule has 3 heteroatoms. The minimum absolute atomic E-state index is 0.0778. The van der Waals surface area contributed by atoms with Crippen LogP contribution in [0.4, 0.5) is 0 Å². The minimum Gasteiger partial charge on any atom is -0.481 e. The Morgan fingerprint density at radius 3 is 2.23 bits per heavy atom. The third-order valence-corrected chi connectivity index (χ3v) is 3.29. The summed E-state index contributed by atoms with van der Waals surface area (Å²) in [5.74, 6) is -0.879. The number of rotatable bonds is 1. The van der Waals surface area contributed by atoms with Gasteiger partial charge in [0, 0.05) is 0 Å². The fourth-order valence-electron chi connectivity index (χ4n) is 1.86. The van der Waals surface area contributed by atoms with Crippen molar-refractivity contribution in [2.45, 2.75) is 46.1 Å². The van der Waals surface area contributed by atoms with Crippen LogP contribution in [0.2, 0.25) is 0 Å². The van der Waals surface area contributed by atoms with Crippen molar-refractivity contribution in [2.24, 2.45) is 10.8 Å². The smallest absolute Gasteiger partial charge is 0.311 e. The van der Waals surface area contributed by atoms with Gasteiger partial charge in [-0.3, -0.25) is 4.79 Å². The summed E-state index contributed by atoms with van der Waals surface area (Å²) in [6.07, 6.45) is 1.30. The molecule has 0 aliphatic heterocycles. The first-order chi connectivity index (χ1) is 5.78. The number of hydrogen-bond donors (Lipinski definition) is 2. The predicted molar refractivity (Wildman–Crippen MR) is 49.4 cm³/mol. The Labute approximate surface area is 78.8 Å². The molecule has 0 aromatic heterocycles. The number of aliphatic hydroxyl groups is 1. The highest BCUT2D eigenvalue weighted by Crippen LogP contribution is 2.44. The summed E-state index contributed by atoms with van der Waals surface area (Å²) in [6.45, 7) is 5.77. The highest BCUT2D eigenvalue weighted by Gasteiger charge is 2.47. The minimum atomic E-state index is -0.935. The van der Waals surface area contributed by atoms with Crippen LogP contribution in [-0.4, -0.2) is 22.3 Å². The van der Waals surface area contributed by atoms with Gasteiger partial charge in [0.25, 0.3) is 0 Å². The van der Waals surface area contributed by atoms with Crippen LogP contribution in [-0.2, 0) is 4.79 Å². The maximum atomic E-state index is 10.9. The second-order valence-corrected chi connectivity index (χ2v) is 5.11. The standard InChI is InChI=1S/C10H18O3/c1-9(2)4-5-10(3,8(12)13)7(11)6-9/h7,11H,4-6H2,1-3H3,(H,12,13)/t7-,10+/m0/s1. The van der Waals surface area contributed by atoms with Gasteiger partial charge < -0.3 is 10.2 Å². The van der Waals surface area contributed by atoms with Crippen LogP contribution in [0.1, 0.15) is 40.0 Å². The van der Waals surface area contributed by atoms with E-state index in [9.17, 15) is 9.90 Å². The van der Waals surface area contributed by atoms with Crippen molar-refractivity contribution < 1.29 is 15.0 Å². The highest BCUT2D eigenvalue weighted by molar-refractivity contribution is 5.75. The number of carboxylic acids is 1. The lowest BCUT2D eigenvalue weighted by Gasteiger charge is -2.42. The fraction of sp³-hybridized carbons (Fsp3) is 0.900. The molecule has 1 saturated carbocycles. The van der Waals surface area contributed by atoms with Gasteiger partial charge in [-0.1, -0.05) is 13.8 Å². The van der Waals surface area contributed by atoms with Crippen molar-refractivity contribution >= 4 is 5.97 Å². The molecule has 1 aliphatic rings. The van der Waals surface area contributed by atoms with E-state index in [4.69, 9.17) is 5.11 Å². The lowest BCUT2D eigenvalue weighted by atomic mass is 9.64. The largest absolute Gasteiger partial charge is 0.481 e. The molecule has 0 aromatic rings. The molecule has 2 N–H and O–H groups in total. The molecule has 1 rings (SSSR count). The first-order valence-corrected chi connectivity index (χ1v) is 4.69. The summed E-state index contributed by atoms with van der Waals surface area (Å²) in [5, 5.41) is 18.7. The predicted octanol–water partition coefficient (Wildman–Crippen LogP) is 1.65. The molecule has 0 radical (unpaired) electrons. The van der Waals surface area contributed by atoms with Gasteiger partial charge in [-0.25, -0.2) is 0 Å². The summed E-state index contributed by atoms with van der Waals surface area (Å²) in [5.41, 5.74) is -0.857. The van der Waals surface area contributed by atoms with Crippen LogP contribution in [0.5, 0.6) is 0 Å². The second kappa shape index (κ2) is 2.98. The summed E-state index contributed by atoms with van der Waals surface area (Å²) in [4.78, 5) is 10.9. The van der Waals surface area contributed by atoms with E-state index in [1.807, 2.05) is 0 Å². The van der Waals surface area contributed by atoms with Crippen LogP contribution >= 0.6 is 0 Å². The van der Waals surface area contributed by atoms with E-state index in [-0.39, 0.29) is 5.41 Å². The summed E-state index contributed by atoms with van der Waals surface area (Å²) in [7, 11) is 0. The molecule has 0 amide bonds. The van der Waals surface area contributed by atoms with E-state index in [2.05, 4.69) is 13.8 Å². The van der Waals surface area contributed by atoms with Gasteiger partial charge in [-0.05, 0) is 31.6 Å². The van der Waals surface area contributed by atoms with Gasteiger partial charge in [0.15, 0.2) is 0 Å². The van der Waals surface area contributed by atoms with Crippen molar-refractivity contribution in [1.29, 1.82) is 0 Å². The molecule has 1 aliphatic carbocycles. The molecule has 13 heavy (non-hydrogen) atoms. The molecule has 1 fully saturated rings. The number of carboxylic acid groups (broad SMARTS) is 1. The Kier molecular flexibility index (Phi) is 2.41. The quantitative estimate of drug-likeness (QED) is 0.654. The van der Waals surface area contributed by atoms with Gasteiger partial charge in [0.05, 0.1) is 11.5 Å². The lowest BCUT2D eigenvalue weighted by molar-refractivity contribution is -0.161. The van der Waals surface area contributed by atoms with E-state index in [0.29, 0.717) is 12.8 Å². The van der Waals surface area contributed by atoms with E-state index in [1.165, 1.54) is 0 Å². The molecule has 0 spiro atoms. The Morgan fingerprint density at radius 2 is 1.85 bits per heavy atom. The zero-order chi connectivity index (χ0) is 10.3. The van der Waals surface area contributed by atoms with Crippen LogP contribution < -0.4 is 0 Å². The van der Waals surface area contributed by atoms with E-state index in [1.54, 1.807) is 6.92 Å². The average Bonchev–Trinajstić information content (AvgIpc) is 1.96. The van der Waals surface area contributed by atoms with Gasteiger partial charge >= 0.3 is 5.97 Å². The summed E-state index contributed by atoms with van der Waals surface area (Å²) >= 11 is 0. The average molecular weight is 186 g/mol. The Hall–Kier alpha value is -0.570. The molecule has 76 valence electrons. The summed E-state index contributed by atoms with van der Waals surface area (Å²) < 4.78 is 0. The fourth-order valence-corrected chi connectivity index (χ4v) is 1.86. The van der Waals surface area contributed by atoms with E-state index in [0.717, 1.165) is 6.42 Å². The molecule has 0 heterocycles. The van der Waals surface area contributed by atoms with Gasteiger partial charge in [-0.2, -0.15) is 0 Å². The van der Waals surface area contributed by atoms with Gasteiger partial charge in [0.2, 0.25) is 0 Å². The van der Waals surface area contributed by atoms with Crippen molar-refractivity contribution in [2.75, 3.05) is 0 Å². The van der Waals surface area contributed by atoms with Gasteiger partial charge in [-0.15, -0.1) is 0 Å². The molecular formula is C10H18O3. The molecule has 2 atom stereocenters. The maximum Gasteiger partial charge on any atom is 0.311 e. The zero-order valence-corrected chi connectivity index (χ0v) is 8.50. The molecule has 0 saturated heterocycles. The lowest BCUT2D eigenvalue weighted by Crippen LogP contribution is -2.46. The Bertz CT molecular complexity index is 222. The summed E-state index contributed by atoms with van der Waals surface area (Å²) in [6, 6.07) is 0. The third-order valence-electron chi connectivity index (χ3n) is 3.29. The number of aliphatic hydroxyl groups excluding tert-OH is 1. The highest BCUT2D eigenvalue weighted by atomic mass is 16.4. The molecular weight excluding hydrogens is 168 g/mol. The number of hydrogen-bond acceptors (Lipinski definition) is 2. The molecule has 0 bridgehead atoms. The van der Waals surface area contributed by atoms with Crippen LogP contribution in [0.25, 0.3) is 0 Å². The van der Waals surface area contributed by atoms with Crippen molar-refractivity contribution in [3.05, 3.63) is 0 Å². The second-order valence-electron chi connectivity index (χ2n) is 5.11. The van der Waals surface area contributed by atoms with Crippen molar-refractivity contribution in [1.82, 2.24) is 0 Å². The molecule has 0 aromatic carbocycles. The maximum absolute atomic E-state index is 10.9. The van der Waals surface area contributed by atoms with Gasteiger partial charge in [0.1, 0.15) is 0 Å². The topological polar surface area (TPSA) is 57.5 Å². The van der Waals surface area contributed by atoms with E-state index < -0.39 is 17.5 Å². The van der Waals surface area contributed by atoms with Crippen LogP contribution in [0.3, 0.4) is 0 Å². The normalized spacial score (nSPS) is 38.6. The zero-order valence-electron chi connectivity index (χ0n) is 8.50. The monoisotopic (exact) mass is 186 g/mol. The number of aliphatic carboxylic acids is 1. The Balaban J connectivity index is 2.79. The van der Waals surface area contributed by atoms with E-state index >= 15 is 0 Å².